The zero-order valence-corrected chi connectivity index (χ0v) is 36.9. The third-order valence-corrected chi connectivity index (χ3v) is 13.0. The number of imidazole rings is 1. The summed E-state index contributed by atoms with van der Waals surface area (Å²) < 4.78 is 60.5. The number of carbonyl (C=O) groups excluding carboxylic acids is 5. The summed E-state index contributed by atoms with van der Waals surface area (Å²) in [5.41, 5.74) is 3.98. The number of nitrogen functional groups attached to an aromatic ring is 1. The van der Waals surface area contributed by atoms with Gasteiger partial charge in [0.1, 0.15) is 42.0 Å². The second-order valence-electron chi connectivity index (χ2n) is 14.6. The average molecular weight is 961 g/mol. The van der Waals surface area contributed by atoms with Crippen LogP contribution in [0.1, 0.15) is 59.6 Å². The Labute approximate surface area is 357 Å². The van der Waals surface area contributed by atoms with Crippen molar-refractivity contribution in [3.63, 3.8) is 0 Å². The van der Waals surface area contributed by atoms with Gasteiger partial charge in [0.15, 0.2) is 22.8 Å². The Morgan fingerprint density at radius 1 is 1.02 bits per heavy atom. The standard InChI is InChI=1S/C31H50N7O20P3S/c1-16(11-21(41)42)5-6-18(39)17(2)30(46)62-10-9-33-20(40)7-8-34-28(45)25(44)31(3,4)13-55-61(52,53)58-60(50,51)54-12-19-24(57-59(47,48)49)23(43)29(56-19)38-15-37-22-26(32)35-14-36-27(22)38/h14-17,19,23-25,29,43-44H,5-13H2,1-4H3,(H,33,40)(H,34,45)(H,41,42)(H,50,51)(H,52,53)(H2,32,35,36)(H2,47,48,49)/p-5/t16?,17?,19-,23+,24-,25+,29+/m1/s1. The molecule has 2 aromatic heterocycles. The Morgan fingerprint density at radius 2 is 1.68 bits per heavy atom. The third kappa shape index (κ3) is 16.4. The number of ether oxygens (including phenoxy) is 1. The van der Waals surface area contributed by atoms with E-state index in [1.54, 1.807) is 6.92 Å². The van der Waals surface area contributed by atoms with Crippen molar-refractivity contribution in [2.45, 2.75) is 84.0 Å². The van der Waals surface area contributed by atoms with E-state index in [9.17, 15) is 72.6 Å². The molecule has 350 valence electrons. The smallest absolute Gasteiger partial charge is 0.274 e. The zero-order valence-electron chi connectivity index (χ0n) is 33.4. The minimum absolute atomic E-state index is 0.0215. The lowest BCUT2D eigenvalue weighted by atomic mass is 9.87. The molecule has 0 saturated carbocycles. The van der Waals surface area contributed by atoms with Gasteiger partial charge >= 0.3 is 0 Å². The van der Waals surface area contributed by atoms with Crippen LogP contribution < -0.4 is 41.0 Å². The molecule has 2 aromatic rings. The van der Waals surface area contributed by atoms with Gasteiger partial charge in [0.2, 0.25) is 11.8 Å². The topological polar surface area (TPSA) is 432 Å². The number of nitrogens with two attached hydrogens (primary N) is 1. The Hall–Kier alpha value is -3.30. The Morgan fingerprint density at radius 3 is 2.32 bits per heavy atom. The molecule has 31 heteroatoms. The highest BCUT2D eigenvalue weighted by molar-refractivity contribution is 8.13. The number of aromatic nitrogens is 4. The molecule has 3 heterocycles. The minimum Gasteiger partial charge on any atom is -0.790 e. The highest BCUT2D eigenvalue weighted by Crippen LogP contribution is 2.56. The number of aliphatic hydroxyl groups excluding tert-OH is 2. The van der Waals surface area contributed by atoms with Gasteiger partial charge in [-0.05, 0) is 25.7 Å². The van der Waals surface area contributed by atoms with Crippen LogP contribution in [-0.2, 0) is 60.3 Å². The molecule has 1 aliphatic heterocycles. The number of fused-ring (bicyclic) bond motifs is 1. The minimum atomic E-state index is -5.95. The van der Waals surface area contributed by atoms with Gasteiger partial charge in [0, 0.05) is 43.1 Å². The number of hydrogen-bond donors (Lipinski definition) is 5. The van der Waals surface area contributed by atoms with Crippen molar-refractivity contribution in [1.82, 2.24) is 30.2 Å². The number of nitrogens with one attached hydrogen (secondary N) is 2. The number of phosphoric acid groups is 3. The molecule has 1 aliphatic rings. The molecule has 62 heavy (non-hydrogen) atoms. The third-order valence-electron chi connectivity index (χ3n) is 8.96. The maximum atomic E-state index is 12.6. The SMILES string of the molecule is CC(CCC(=O)C(C)C(=O)SCCNC(=O)CCNC(=O)[C@H](O)C(C)(C)COP(=O)([O-])OP(=O)([O-])OC[C@H]1O[C@H](n2cnc3c(N)ncnc32)[C@@H](O)[C@@H]1OP(=O)([O-])[O-])CC(=O)[O-]. The van der Waals surface area contributed by atoms with Crippen molar-refractivity contribution in [3.05, 3.63) is 12.7 Å². The molecule has 2 amide bonds. The summed E-state index contributed by atoms with van der Waals surface area (Å²) in [5.74, 6) is -4.42. The summed E-state index contributed by atoms with van der Waals surface area (Å²) in [5, 5.41) is 36.4. The number of rotatable bonds is 26. The number of Topliss-reactive ketones (excluding diaryl/α,β-unsaturated/α-hetero) is 1. The van der Waals surface area contributed by atoms with Gasteiger partial charge < -0.3 is 78.9 Å². The largest absolute Gasteiger partial charge is 0.790 e. The number of carboxylic acid groups (broad SMARTS) is 1. The normalized spacial score (nSPS) is 21.6. The molecule has 0 bridgehead atoms. The summed E-state index contributed by atoms with van der Waals surface area (Å²) in [6, 6.07) is 0. The van der Waals surface area contributed by atoms with E-state index < -0.39 is 102 Å². The fraction of sp³-hybridized carbons (Fsp3) is 0.677. The number of carboxylic acids is 1. The van der Waals surface area contributed by atoms with Crippen LogP contribution >= 0.6 is 35.2 Å². The Bertz CT molecular complexity index is 2070. The van der Waals surface area contributed by atoms with Gasteiger partial charge in [-0.15, -0.1) is 0 Å². The van der Waals surface area contributed by atoms with Crippen molar-refractivity contribution < 1.29 is 95.2 Å². The predicted octanol–water partition coefficient (Wildman–Crippen LogP) is -4.10. The van der Waals surface area contributed by atoms with Crippen LogP contribution in [0.15, 0.2) is 12.7 Å². The lowest BCUT2D eigenvalue weighted by Gasteiger charge is -2.36. The first-order valence-electron chi connectivity index (χ1n) is 18.3. The summed E-state index contributed by atoms with van der Waals surface area (Å²) in [4.78, 5) is 120. The number of carbonyl (C=O) groups is 5. The molecule has 9 atom stereocenters. The lowest BCUT2D eigenvalue weighted by molar-refractivity contribution is -0.347. The molecule has 1 fully saturated rings. The van der Waals surface area contributed by atoms with Crippen LogP contribution in [0.4, 0.5) is 5.82 Å². The van der Waals surface area contributed by atoms with Crippen molar-refractivity contribution in [2.75, 3.05) is 37.8 Å². The predicted molar refractivity (Wildman–Crippen MR) is 200 cm³/mol. The lowest BCUT2D eigenvalue weighted by Crippen LogP contribution is -2.46. The summed E-state index contributed by atoms with van der Waals surface area (Å²) in [6.45, 7) is 2.79. The molecular weight excluding hydrogens is 915 g/mol. The highest BCUT2D eigenvalue weighted by Gasteiger charge is 2.47. The molecule has 0 radical (unpaired) electrons. The number of ketones is 1. The first-order valence-corrected chi connectivity index (χ1v) is 23.7. The van der Waals surface area contributed by atoms with E-state index in [2.05, 4.69) is 43.5 Å². The second kappa shape index (κ2) is 22.5. The number of aliphatic carboxylic acids is 1. The van der Waals surface area contributed by atoms with E-state index in [-0.39, 0.29) is 73.2 Å². The molecular formula is C31H45N7O20P3S-5. The van der Waals surface area contributed by atoms with Crippen LogP contribution in [-0.4, -0.2) is 115 Å². The summed E-state index contributed by atoms with van der Waals surface area (Å²) in [6.07, 6.45) is -7.75. The molecule has 6 N–H and O–H groups in total. The zero-order chi connectivity index (χ0) is 46.8. The van der Waals surface area contributed by atoms with Gasteiger partial charge in [-0.25, -0.2) is 19.3 Å². The summed E-state index contributed by atoms with van der Waals surface area (Å²) >= 11 is 0.815. The molecule has 4 unspecified atom stereocenters. The Balaban J connectivity index is 1.43. The maximum absolute atomic E-state index is 12.6. The van der Waals surface area contributed by atoms with Crippen molar-refractivity contribution in [1.29, 1.82) is 0 Å². The number of amides is 2. The van der Waals surface area contributed by atoms with Crippen molar-refractivity contribution in [2.24, 2.45) is 17.3 Å². The number of nitrogens with zero attached hydrogens (tertiary/aromatic N) is 4. The monoisotopic (exact) mass is 960 g/mol. The van der Waals surface area contributed by atoms with Crippen molar-refractivity contribution >= 4 is 80.9 Å². The number of aliphatic hydroxyl groups is 2. The van der Waals surface area contributed by atoms with Crippen LogP contribution in [0, 0.1) is 17.3 Å². The molecule has 0 spiro atoms. The number of anilines is 1. The van der Waals surface area contributed by atoms with Gasteiger partial charge in [-0.3, -0.25) is 32.9 Å². The highest BCUT2D eigenvalue weighted by atomic mass is 32.2. The van der Waals surface area contributed by atoms with E-state index in [0.717, 1.165) is 42.8 Å². The van der Waals surface area contributed by atoms with Crippen LogP contribution in [0.25, 0.3) is 11.2 Å². The molecule has 0 aliphatic carbocycles. The number of hydrogen-bond acceptors (Lipinski definition) is 25. The van der Waals surface area contributed by atoms with E-state index >= 15 is 0 Å². The maximum Gasteiger partial charge on any atom is 0.274 e. The van der Waals surface area contributed by atoms with E-state index in [1.807, 2.05) is 0 Å². The van der Waals surface area contributed by atoms with Crippen LogP contribution in [0.3, 0.4) is 0 Å². The van der Waals surface area contributed by atoms with Gasteiger partial charge in [-0.1, -0.05) is 32.5 Å². The van der Waals surface area contributed by atoms with E-state index in [0.29, 0.717) is 0 Å². The average Bonchev–Trinajstić information content (AvgIpc) is 3.72. The van der Waals surface area contributed by atoms with Gasteiger partial charge in [0.25, 0.3) is 15.6 Å². The molecule has 3 rings (SSSR count). The first kappa shape index (κ1) is 53.0. The Kier molecular flexibility index (Phi) is 19.3. The number of thioether (sulfide) groups is 1. The molecule has 1 saturated heterocycles. The second-order valence-corrected chi connectivity index (χ2v) is 19.7. The molecule has 0 aromatic carbocycles. The quantitative estimate of drug-likeness (QED) is 0.0340. The van der Waals surface area contributed by atoms with E-state index in [4.69, 9.17) is 10.5 Å². The van der Waals surface area contributed by atoms with Crippen molar-refractivity contribution in [3.8, 4) is 0 Å². The van der Waals surface area contributed by atoms with Gasteiger partial charge in [-0.2, -0.15) is 0 Å². The molecule has 27 nitrogen and oxygen atoms in total. The number of phosphoric ester groups is 3. The fourth-order valence-corrected chi connectivity index (χ4v) is 9.03. The van der Waals surface area contributed by atoms with Gasteiger partial charge in [0.05, 0.1) is 33.3 Å². The summed E-state index contributed by atoms with van der Waals surface area (Å²) in [7, 11) is -17.7. The van der Waals surface area contributed by atoms with Crippen LogP contribution in [0.2, 0.25) is 0 Å². The van der Waals surface area contributed by atoms with E-state index in [1.165, 1.54) is 6.92 Å². The van der Waals surface area contributed by atoms with Crippen LogP contribution in [0.5, 0.6) is 0 Å². The first-order chi connectivity index (χ1) is 28.6. The fourth-order valence-electron chi connectivity index (χ4n) is 5.51.